The van der Waals surface area contributed by atoms with Crippen molar-refractivity contribution in [2.24, 2.45) is 0 Å². The lowest BCUT2D eigenvalue weighted by atomic mass is 10.0. The summed E-state index contributed by atoms with van der Waals surface area (Å²) in [7, 11) is 1.67. The molecular weight excluding hydrogens is 456 g/mol. The van der Waals surface area contributed by atoms with E-state index in [1.165, 1.54) is 18.4 Å². The first kappa shape index (κ1) is 25.9. The number of amides is 1. The summed E-state index contributed by atoms with van der Waals surface area (Å²) < 4.78 is 16.9. The van der Waals surface area contributed by atoms with Gasteiger partial charge < -0.3 is 24.0 Å². The highest BCUT2D eigenvalue weighted by Crippen LogP contribution is 2.36. The lowest BCUT2D eigenvalue weighted by Gasteiger charge is -2.43. The predicted molar refractivity (Wildman–Crippen MR) is 140 cm³/mol. The Morgan fingerprint density at radius 2 is 1.75 bits per heavy atom. The highest BCUT2D eigenvalue weighted by Gasteiger charge is 2.31. The van der Waals surface area contributed by atoms with Crippen molar-refractivity contribution in [1.29, 1.82) is 0 Å². The number of esters is 1. The Balaban J connectivity index is 1.50. The van der Waals surface area contributed by atoms with Crippen molar-refractivity contribution in [3.05, 3.63) is 54.1 Å². The van der Waals surface area contributed by atoms with Crippen LogP contribution in [0.2, 0.25) is 0 Å². The number of anilines is 1. The van der Waals surface area contributed by atoms with E-state index in [9.17, 15) is 9.59 Å². The zero-order valence-electron chi connectivity index (χ0n) is 21.5. The summed E-state index contributed by atoms with van der Waals surface area (Å²) in [6, 6.07) is 16.4. The Hall–Kier alpha value is -3.22. The van der Waals surface area contributed by atoms with Gasteiger partial charge in [-0.05, 0) is 56.7 Å². The average Bonchev–Trinajstić information content (AvgIpc) is 3.41. The van der Waals surface area contributed by atoms with Gasteiger partial charge in [-0.15, -0.1) is 0 Å². The van der Waals surface area contributed by atoms with Gasteiger partial charge in [-0.25, -0.2) is 0 Å². The second-order valence-electron chi connectivity index (χ2n) is 9.54. The molecule has 7 heteroatoms. The van der Waals surface area contributed by atoms with Crippen LogP contribution in [-0.2, 0) is 20.7 Å². The van der Waals surface area contributed by atoms with Crippen LogP contribution in [0.1, 0.15) is 51.0 Å². The molecule has 36 heavy (non-hydrogen) atoms. The van der Waals surface area contributed by atoms with Crippen LogP contribution in [0.5, 0.6) is 11.5 Å². The third kappa shape index (κ3) is 6.71. The molecule has 1 heterocycles. The van der Waals surface area contributed by atoms with Crippen molar-refractivity contribution in [3.63, 3.8) is 0 Å². The smallest absolute Gasteiger partial charge is 0.306 e. The molecule has 2 aromatic rings. The van der Waals surface area contributed by atoms with E-state index in [0.29, 0.717) is 26.2 Å². The molecule has 1 atom stereocenters. The van der Waals surface area contributed by atoms with Gasteiger partial charge in [-0.2, -0.15) is 0 Å². The molecule has 1 aliphatic heterocycles. The molecule has 2 aromatic carbocycles. The quantitative estimate of drug-likeness (QED) is 0.449. The Kier molecular flexibility index (Phi) is 9.09. The fourth-order valence-corrected chi connectivity index (χ4v) is 5.20. The molecule has 2 aliphatic rings. The van der Waals surface area contributed by atoms with Gasteiger partial charge in [-0.1, -0.05) is 30.3 Å². The first-order chi connectivity index (χ1) is 17.6. The first-order valence-corrected chi connectivity index (χ1v) is 13.2. The maximum Gasteiger partial charge on any atom is 0.306 e. The van der Waals surface area contributed by atoms with E-state index in [-0.39, 0.29) is 36.9 Å². The molecule has 1 saturated heterocycles. The molecule has 4 rings (SSSR count). The number of carbonyl (C=O) groups is 2. The van der Waals surface area contributed by atoms with Crippen LogP contribution in [0.25, 0.3) is 0 Å². The van der Waals surface area contributed by atoms with Gasteiger partial charge in [0.25, 0.3) is 0 Å². The number of benzene rings is 2. The molecule has 2 fully saturated rings. The molecule has 194 valence electrons. The van der Waals surface area contributed by atoms with Gasteiger partial charge in [0.1, 0.15) is 0 Å². The fourth-order valence-electron chi connectivity index (χ4n) is 5.20. The largest absolute Gasteiger partial charge is 0.493 e. The van der Waals surface area contributed by atoms with Crippen molar-refractivity contribution in [1.82, 2.24) is 4.90 Å². The molecule has 0 unspecified atom stereocenters. The van der Waals surface area contributed by atoms with Gasteiger partial charge in [0.2, 0.25) is 5.91 Å². The van der Waals surface area contributed by atoms with E-state index in [2.05, 4.69) is 29.2 Å². The molecule has 7 nitrogen and oxygen atoms in total. The standard InChI is InChI=1S/C29H38N2O5/c1-3-35-29(33)16-15-28(32)31-18-17-30(21-24(31)19-22-9-5-4-6-10-22)23-13-14-26(34-2)27(20-23)36-25-11-7-8-12-25/h4-6,9-10,13-14,20,24-25H,3,7-8,11-12,15-19,21H2,1-2H3/t24-/m0/s1. The Morgan fingerprint density at radius 1 is 0.972 bits per heavy atom. The highest BCUT2D eigenvalue weighted by atomic mass is 16.5. The number of piperazine rings is 1. The van der Waals surface area contributed by atoms with Crippen LogP contribution < -0.4 is 14.4 Å². The summed E-state index contributed by atoms with van der Waals surface area (Å²) >= 11 is 0. The predicted octanol–water partition coefficient (Wildman–Crippen LogP) is 4.62. The van der Waals surface area contributed by atoms with E-state index in [0.717, 1.165) is 36.4 Å². The van der Waals surface area contributed by atoms with E-state index in [1.54, 1.807) is 14.0 Å². The van der Waals surface area contributed by atoms with Gasteiger partial charge in [-0.3, -0.25) is 9.59 Å². The molecule has 1 aliphatic carbocycles. The van der Waals surface area contributed by atoms with E-state index < -0.39 is 0 Å². The third-order valence-corrected chi connectivity index (χ3v) is 7.07. The molecular formula is C29H38N2O5. The maximum atomic E-state index is 13.1. The molecule has 0 aromatic heterocycles. The SMILES string of the molecule is CCOC(=O)CCC(=O)N1CCN(c2ccc(OC)c(OC3CCCC3)c2)C[C@@H]1Cc1ccccc1. The van der Waals surface area contributed by atoms with Crippen LogP contribution in [0.15, 0.2) is 48.5 Å². The molecule has 0 spiro atoms. The van der Waals surface area contributed by atoms with Gasteiger partial charge in [0, 0.05) is 37.8 Å². The summed E-state index contributed by atoms with van der Waals surface area (Å²) in [5.41, 5.74) is 2.26. The van der Waals surface area contributed by atoms with Gasteiger partial charge >= 0.3 is 5.97 Å². The fraction of sp³-hybridized carbons (Fsp3) is 0.517. The van der Waals surface area contributed by atoms with Crippen LogP contribution in [0.4, 0.5) is 5.69 Å². The van der Waals surface area contributed by atoms with Gasteiger partial charge in [0.15, 0.2) is 11.5 Å². The molecule has 1 amide bonds. The second kappa shape index (κ2) is 12.7. The zero-order valence-corrected chi connectivity index (χ0v) is 21.5. The monoisotopic (exact) mass is 494 g/mol. The lowest BCUT2D eigenvalue weighted by Crippen LogP contribution is -2.56. The number of rotatable bonds is 10. The summed E-state index contributed by atoms with van der Waals surface area (Å²) in [6.07, 6.45) is 5.87. The number of methoxy groups -OCH3 is 1. The van der Waals surface area contributed by atoms with Crippen LogP contribution in [-0.4, -0.2) is 62.3 Å². The second-order valence-corrected chi connectivity index (χ2v) is 9.54. The zero-order chi connectivity index (χ0) is 25.3. The van der Waals surface area contributed by atoms with E-state index >= 15 is 0 Å². The highest BCUT2D eigenvalue weighted by molar-refractivity contribution is 5.82. The summed E-state index contributed by atoms with van der Waals surface area (Å²) in [5.74, 6) is 1.22. The van der Waals surface area contributed by atoms with Crippen molar-refractivity contribution in [2.75, 3.05) is 38.3 Å². The summed E-state index contributed by atoms with van der Waals surface area (Å²) in [5, 5.41) is 0. The number of ether oxygens (including phenoxy) is 3. The average molecular weight is 495 g/mol. The number of hydrogen-bond acceptors (Lipinski definition) is 6. The Bertz CT molecular complexity index is 1010. The van der Waals surface area contributed by atoms with Crippen LogP contribution >= 0.6 is 0 Å². The first-order valence-electron chi connectivity index (χ1n) is 13.2. The Morgan fingerprint density at radius 3 is 2.47 bits per heavy atom. The Labute approximate surface area is 214 Å². The number of hydrogen-bond donors (Lipinski definition) is 0. The molecule has 0 radical (unpaired) electrons. The van der Waals surface area contributed by atoms with Gasteiger partial charge in [0.05, 0.1) is 32.3 Å². The number of carbonyl (C=O) groups excluding carboxylic acids is 2. The van der Waals surface area contributed by atoms with Crippen molar-refractivity contribution in [2.45, 2.75) is 64.0 Å². The van der Waals surface area contributed by atoms with Crippen LogP contribution in [0.3, 0.4) is 0 Å². The van der Waals surface area contributed by atoms with Crippen molar-refractivity contribution in [3.8, 4) is 11.5 Å². The van der Waals surface area contributed by atoms with Crippen molar-refractivity contribution >= 4 is 17.6 Å². The normalized spacial score (nSPS) is 18.2. The molecule has 1 saturated carbocycles. The number of nitrogens with zero attached hydrogens (tertiary/aromatic N) is 2. The topological polar surface area (TPSA) is 68.3 Å². The maximum absolute atomic E-state index is 13.1. The third-order valence-electron chi connectivity index (χ3n) is 7.07. The van der Waals surface area contributed by atoms with E-state index in [4.69, 9.17) is 14.2 Å². The minimum Gasteiger partial charge on any atom is -0.493 e. The van der Waals surface area contributed by atoms with Crippen molar-refractivity contribution < 1.29 is 23.8 Å². The summed E-state index contributed by atoms with van der Waals surface area (Å²) in [6.45, 7) is 4.12. The molecule has 0 bridgehead atoms. The lowest BCUT2D eigenvalue weighted by molar-refractivity contribution is -0.146. The molecule has 0 N–H and O–H groups in total. The van der Waals surface area contributed by atoms with Crippen LogP contribution in [0, 0.1) is 0 Å². The van der Waals surface area contributed by atoms with E-state index in [1.807, 2.05) is 29.2 Å². The minimum absolute atomic E-state index is 0.00264. The summed E-state index contributed by atoms with van der Waals surface area (Å²) in [4.78, 5) is 29.2. The minimum atomic E-state index is -0.322.